The molecule has 0 aliphatic carbocycles. The predicted octanol–water partition coefficient (Wildman–Crippen LogP) is 2.67. The first-order valence-corrected chi connectivity index (χ1v) is 4.86. The lowest BCUT2D eigenvalue weighted by atomic mass is 10.2. The van der Waals surface area contributed by atoms with Crippen LogP contribution >= 0.6 is 0 Å². The molecule has 0 amide bonds. The summed E-state index contributed by atoms with van der Waals surface area (Å²) in [6.45, 7) is 6.27. The molecular formula is C12H12N2O. The minimum atomic E-state index is 0.619. The van der Waals surface area contributed by atoms with Gasteiger partial charge in [-0.25, -0.2) is 9.97 Å². The number of pyridine rings is 2. The number of rotatable bonds is 3. The lowest BCUT2D eigenvalue weighted by Gasteiger charge is -2.07. The van der Waals surface area contributed by atoms with E-state index < -0.39 is 0 Å². The van der Waals surface area contributed by atoms with Crippen LogP contribution in [0, 0.1) is 0 Å². The Balaban J connectivity index is 2.63. The van der Waals surface area contributed by atoms with Gasteiger partial charge >= 0.3 is 0 Å². The van der Waals surface area contributed by atoms with Gasteiger partial charge in [-0.15, -0.1) is 0 Å². The van der Waals surface area contributed by atoms with Gasteiger partial charge in [-0.1, -0.05) is 6.58 Å². The molecule has 2 heterocycles. The Bertz CT molecular complexity index is 494. The zero-order valence-electron chi connectivity index (χ0n) is 8.60. The minimum Gasteiger partial charge on any atom is -0.492 e. The van der Waals surface area contributed by atoms with E-state index >= 15 is 0 Å². The first kappa shape index (κ1) is 9.65. The summed E-state index contributed by atoms with van der Waals surface area (Å²) in [4.78, 5) is 8.53. The SMILES string of the molecule is C=Cc1nc2ncccc2cc1OCC. The van der Waals surface area contributed by atoms with E-state index in [0.29, 0.717) is 6.61 Å². The lowest BCUT2D eigenvalue weighted by Crippen LogP contribution is -1.97. The topological polar surface area (TPSA) is 35.0 Å². The van der Waals surface area contributed by atoms with Crippen molar-refractivity contribution in [2.45, 2.75) is 6.92 Å². The van der Waals surface area contributed by atoms with Gasteiger partial charge < -0.3 is 4.74 Å². The van der Waals surface area contributed by atoms with Crippen LogP contribution in [0.5, 0.6) is 5.75 Å². The van der Waals surface area contributed by atoms with Gasteiger partial charge in [0.2, 0.25) is 0 Å². The summed E-state index contributed by atoms with van der Waals surface area (Å²) in [6, 6.07) is 5.79. The third kappa shape index (κ3) is 1.81. The molecule has 2 aromatic rings. The molecule has 0 bridgehead atoms. The van der Waals surface area contributed by atoms with Crippen LogP contribution in [0.15, 0.2) is 31.0 Å². The normalized spacial score (nSPS) is 10.2. The molecule has 0 atom stereocenters. The minimum absolute atomic E-state index is 0.619. The maximum Gasteiger partial charge on any atom is 0.160 e. The second-order valence-electron chi connectivity index (χ2n) is 3.06. The lowest BCUT2D eigenvalue weighted by molar-refractivity contribution is 0.338. The van der Waals surface area contributed by atoms with E-state index in [4.69, 9.17) is 4.74 Å². The highest BCUT2D eigenvalue weighted by Crippen LogP contribution is 2.22. The third-order valence-corrected chi connectivity index (χ3v) is 2.08. The summed E-state index contributed by atoms with van der Waals surface area (Å²) in [6.07, 6.45) is 3.40. The highest BCUT2D eigenvalue weighted by Gasteiger charge is 2.04. The number of nitrogens with zero attached hydrogens (tertiary/aromatic N) is 2. The van der Waals surface area contributed by atoms with E-state index in [-0.39, 0.29) is 0 Å². The molecule has 0 unspecified atom stereocenters. The molecule has 2 rings (SSSR count). The Morgan fingerprint density at radius 3 is 3.13 bits per heavy atom. The predicted molar refractivity (Wildman–Crippen MR) is 60.8 cm³/mol. The Kier molecular flexibility index (Phi) is 2.63. The molecule has 3 nitrogen and oxygen atoms in total. The largest absolute Gasteiger partial charge is 0.492 e. The van der Waals surface area contributed by atoms with Crippen molar-refractivity contribution < 1.29 is 4.74 Å². The van der Waals surface area contributed by atoms with E-state index in [2.05, 4.69) is 16.5 Å². The first-order chi connectivity index (χ1) is 7.35. The average Bonchev–Trinajstić information content (AvgIpc) is 2.28. The van der Waals surface area contributed by atoms with E-state index in [9.17, 15) is 0 Å². The Hall–Kier alpha value is -1.90. The monoisotopic (exact) mass is 200 g/mol. The van der Waals surface area contributed by atoms with Gasteiger partial charge in [0, 0.05) is 11.6 Å². The summed E-state index contributed by atoms with van der Waals surface area (Å²) in [5.41, 5.74) is 1.46. The van der Waals surface area contributed by atoms with E-state index in [1.807, 2.05) is 25.1 Å². The molecule has 0 radical (unpaired) electrons. The Morgan fingerprint density at radius 1 is 1.53 bits per heavy atom. The van der Waals surface area contributed by atoms with Crippen molar-refractivity contribution in [3.05, 3.63) is 36.7 Å². The summed E-state index contributed by atoms with van der Waals surface area (Å²) < 4.78 is 5.47. The highest BCUT2D eigenvalue weighted by atomic mass is 16.5. The van der Waals surface area contributed by atoms with Crippen molar-refractivity contribution in [3.63, 3.8) is 0 Å². The summed E-state index contributed by atoms with van der Waals surface area (Å²) in [5, 5.41) is 0.978. The maximum absolute atomic E-state index is 5.47. The van der Waals surface area contributed by atoms with Crippen LogP contribution in [-0.4, -0.2) is 16.6 Å². The fourth-order valence-corrected chi connectivity index (χ4v) is 1.42. The van der Waals surface area contributed by atoms with Crippen molar-refractivity contribution in [3.8, 4) is 5.75 Å². The molecule has 0 N–H and O–H groups in total. The molecule has 0 fully saturated rings. The second-order valence-corrected chi connectivity index (χ2v) is 3.06. The van der Waals surface area contributed by atoms with E-state index in [0.717, 1.165) is 22.5 Å². The zero-order chi connectivity index (χ0) is 10.7. The molecule has 0 saturated heterocycles. The third-order valence-electron chi connectivity index (χ3n) is 2.08. The number of hydrogen-bond donors (Lipinski definition) is 0. The first-order valence-electron chi connectivity index (χ1n) is 4.86. The summed E-state index contributed by atoms with van der Waals surface area (Å²) in [7, 11) is 0. The van der Waals surface area contributed by atoms with Gasteiger partial charge in [0.05, 0.1) is 6.61 Å². The number of ether oxygens (including phenoxy) is 1. The van der Waals surface area contributed by atoms with Crippen molar-refractivity contribution in [1.82, 2.24) is 9.97 Å². The van der Waals surface area contributed by atoms with Crippen LogP contribution < -0.4 is 4.74 Å². The Morgan fingerprint density at radius 2 is 2.40 bits per heavy atom. The summed E-state index contributed by atoms with van der Waals surface area (Å²) >= 11 is 0. The van der Waals surface area contributed by atoms with Crippen molar-refractivity contribution in [2.75, 3.05) is 6.61 Å². The van der Waals surface area contributed by atoms with Gasteiger partial charge in [0.15, 0.2) is 5.65 Å². The van der Waals surface area contributed by atoms with Crippen LogP contribution in [0.25, 0.3) is 17.1 Å². The van der Waals surface area contributed by atoms with Gasteiger partial charge in [-0.2, -0.15) is 0 Å². The zero-order valence-corrected chi connectivity index (χ0v) is 8.60. The number of hydrogen-bond acceptors (Lipinski definition) is 3. The van der Waals surface area contributed by atoms with E-state index in [1.165, 1.54) is 0 Å². The second kappa shape index (κ2) is 4.09. The van der Waals surface area contributed by atoms with E-state index in [1.54, 1.807) is 12.3 Å². The van der Waals surface area contributed by atoms with Crippen molar-refractivity contribution >= 4 is 17.1 Å². The molecule has 2 aromatic heterocycles. The van der Waals surface area contributed by atoms with Crippen LogP contribution in [-0.2, 0) is 0 Å². The molecule has 76 valence electrons. The average molecular weight is 200 g/mol. The molecule has 0 spiro atoms. The Labute approximate surface area is 88.4 Å². The van der Waals surface area contributed by atoms with Crippen LogP contribution in [0.3, 0.4) is 0 Å². The smallest absolute Gasteiger partial charge is 0.160 e. The molecule has 0 aliphatic rings. The molecule has 3 heteroatoms. The van der Waals surface area contributed by atoms with Gasteiger partial charge in [0.1, 0.15) is 11.4 Å². The number of fused-ring (bicyclic) bond motifs is 1. The van der Waals surface area contributed by atoms with Crippen LogP contribution in [0.2, 0.25) is 0 Å². The van der Waals surface area contributed by atoms with Crippen LogP contribution in [0.1, 0.15) is 12.6 Å². The van der Waals surface area contributed by atoms with Gasteiger partial charge in [0.25, 0.3) is 0 Å². The van der Waals surface area contributed by atoms with Gasteiger partial charge in [-0.05, 0) is 31.2 Å². The summed E-state index contributed by atoms with van der Waals surface area (Å²) in [5.74, 6) is 0.757. The standard InChI is InChI=1S/C12H12N2O/c1-3-10-11(15-4-2)8-9-6-5-7-13-12(9)14-10/h3,5-8H,1,4H2,2H3. The molecular weight excluding hydrogens is 188 g/mol. The van der Waals surface area contributed by atoms with Gasteiger partial charge in [-0.3, -0.25) is 0 Å². The maximum atomic E-state index is 5.47. The van der Waals surface area contributed by atoms with Crippen LogP contribution in [0.4, 0.5) is 0 Å². The van der Waals surface area contributed by atoms with Crippen molar-refractivity contribution in [2.24, 2.45) is 0 Å². The highest BCUT2D eigenvalue weighted by molar-refractivity contribution is 5.78. The quantitative estimate of drug-likeness (QED) is 0.764. The molecule has 0 aliphatic heterocycles. The molecule has 15 heavy (non-hydrogen) atoms. The fourth-order valence-electron chi connectivity index (χ4n) is 1.42. The molecule has 0 saturated carbocycles. The fraction of sp³-hybridized carbons (Fsp3) is 0.167. The number of aromatic nitrogens is 2. The van der Waals surface area contributed by atoms with Crippen molar-refractivity contribution in [1.29, 1.82) is 0 Å². The molecule has 0 aromatic carbocycles.